The van der Waals surface area contributed by atoms with Crippen LogP contribution in [-0.4, -0.2) is 110 Å². The van der Waals surface area contributed by atoms with E-state index in [1.54, 1.807) is 72.6 Å². The van der Waals surface area contributed by atoms with Gasteiger partial charge in [-0.3, -0.25) is 4.79 Å². The molecule has 16 rings (SSSR count). The number of alkyl halides is 3. The van der Waals surface area contributed by atoms with Gasteiger partial charge in [-0.05, 0) is 150 Å². The van der Waals surface area contributed by atoms with E-state index in [2.05, 4.69) is 95.7 Å². The van der Waals surface area contributed by atoms with Crippen molar-refractivity contribution in [1.29, 1.82) is 0 Å². The van der Waals surface area contributed by atoms with E-state index in [1.165, 1.54) is 115 Å². The number of amides is 1. The summed E-state index contributed by atoms with van der Waals surface area (Å²) >= 11 is 14.5. The normalized spacial score (nSPS) is 11.1. The molecule has 126 heavy (non-hydrogen) atoms. The molecule has 6 aromatic carbocycles. The van der Waals surface area contributed by atoms with Gasteiger partial charge in [0.1, 0.15) is 23.0 Å². The summed E-state index contributed by atoms with van der Waals surface area (Å²) in [5, 5.41) is 32.3. The number of halogens is 3. The molecule has 0 saturated carbocycles. The molecule has 0 atom stereocenters. The molecule has 16 aromatic rings. The number of methoxy groups -OCH3 is 4. The van der Waals surface area contributed by atoms with Gasteiger partial charge >= 0.3 is 6.18 Å². The number of nitrogens with two attached hydrogens (primary N) is 5. The van der Waals surface area contributed by atoms with Gasteiger partial charge < -0.3 is 74.2 Å². The summed E-state index contributed by atoms with van der Waals surface area (Å²) in [7, 11) is 2.67. The van der Waals surface area contributed by atoms with Gasteiger partial charge in [0.05, 0.1) is 148 Å². The lowest BCUT2D eigenvalue weighted by Crippen LogP contribution is -2.30. The SMILES string of the molecule is CCN(CC)S(=O)(=O)c1ccc(OC)c(Nc2nc(-c3sc(N)nc3C)cs2)c1.COc1ccc(-c2ccccc2)cc1Nc1nc(-c2sc(N)nc2C)cs1.COc1ccc(C(F)(F)F)cc1Nc1nc(-c2sc(N)nc2C)cs1.COc1ccc(C)cc1Nc1nc(-c2sc(N)nc2C)cs1.Cc1nc(C)c(-c2csc(Nc3cc(C(N)=O)ccc3C)n2)s1. The molecule has 0 fully saturated rings. The lowest BCUT2D eigenvalue weighted by Gasteiger charge is -2.19. The van der Waals surface area contributed by atoms with E-state index in [0.29, 0.717) is 72.3 Å². The van der Waals surface area contributed by atoms with Crippen molar-refractivity contribution < 1.29 is 45.3 Å². The zero-order valence-corrected chi connectivity index (χ0v) is 79.1. The largest absolute Gasteiger partial charge is 0.495 e. The second-order valence-corrected chi connectivity index (χ2v) is 38.6. The second kappa shape index (κ2) is 41.5. The monoisotopic (exact) mass is 1910 g/mol. The van der Waals surface area contributed by atoms with Crippen LogP contribution in [0.4, 0.5) is 87.8 Å². The highest BCUT2D eigenvalue weighted by Crippen LogP contribution is 2.44. The van der Waals surface area contributed by atoms with E-state index < -0.39 is 27.7 Å². The first-order chi connectivity index (χ1) is 60.2. The minimum absolute atomic E-state index is 0.193. The van der Waals surface area contributed by atoms with Crippen LogP contribution >= 0.6 is 113 Å². The molecule has 15 N–H and O–H groups in total. The van der Waals surface area contributed by atoms with Gasteiger partial charge in [-0.25, -0.2) is 58.3 Å². The number of rotatable bonds is 25. The quantitative estimate of drug-likeness (QED) is 0.0254. The van der Waals surface area contributed by atoms with Crippen molar-refractivity contribution in [2.45, 2.75) is 80.3 Å². The molecule has 0 spiro atoms. The molecule has 1 amide bonds. The maximum atomic E-state index is 12.9. The Kier molecular flexibility index (Phi) is 30.8. The Morgan fingerprint density at radius 3 is 1.13 bits per heavy atom. The number of thiazole rings is 10. The lowest BCUT2D eigenvalue weighted by atomic mass is 10.0. The highest BCUT2D eigenvalue weighted by molar-refractivity contribution is 7.89. The summed E-state index contributed by atoms with van der Waals surface area (Å²) in [6.45, 7) is 20.0. The maximum Gasteiger partial charge on any atom is 0.416 e. The van der Waals surface area contributed by atoms with Crippen LogP contribution in [0.25, 0.3) is 64.0 Å². The number of hydrogen-bond donors (Lipinski definition) is 10. The number of aromatic nitrogens is 10. The molecule has 10 heterocycles. The van der Waals surface area contributed by atoms with E-state index in [9.17, 15) is 26.4 Å². The van der Waals surface area contributed by atoms with Crippen molar-refractivity contribution in [2.75, 3.05) is 91.0 Å². The first-order valence-corrected chi connectivity index (χ1v) is 47.9. The highest BCUT2D eigenvalue weighted by atomic mass is 32.2. The fourth-order valence-corrected chi connectivity index (χ4v) is 21.7. The molecule has 0 unspecified atom stereocenters. The van der Waals surface area contributed by atoms with Gasteiger partial charge in [-0.1, -0.05) is 108 Å². The third kappa shape index (κ3) is 23.3. The van der Waals surface area contributed by atoms with Crippen molar-refractivity contribution >= 4 is 204 Å². The van der Waals surface area contributed by atoms with Gasteiger partial charge in [0.15, 0.2) is 46.2 Å². The Morgan fingerprint density at radius 1 is 0.405 bits per heavy atom. The number of carbonyl (C=O) groups is 1. The van der Waals surface area contributed by atoms with Crippen molar-refractivity contribution in [2.24, 2.45) is 5.73 Å². The van der Waals surface area contributed by atoms with Crippen molar-refractivity contribution in [3.63, 3.8) is 0 Å². The van der Waals surface area contributed by atoms with Gasteiger partial charge in [0.25, 0.3) is 0 Å². The number of carbonyl (C=O) groups excluding carboxylic acids is 1. The number of primary amides is 1. The fraction of sp³-hybridized carbons (Fsp3) is 0.202. The molecule has 0 saturated heterocycles. The topological polar surface area (TPSA) is 411 Å². The molecule has 28 nitrogen and oxygen atoms in total. The number of nitrogen functional groups attached to an aromatic ring is 4. The number of nitrogens with zero attached hydrogens (tertiary/aromatic N) is 11. The second-order valence-electron chi connectivity index (χ2n) is 27.1. The van der Waals surface area contributed by atoms with E-state index in [4.69, 9.17) is 52.6 Å². The van der Waals surface area contributed by atoms with E-state index in [-0.39, 0.29) is 10.6 Å². The van der Waals surface area contributed by atoms with Gasteiger partial charge in [0, 0.05) is 51.2 Å². The van der Waals surface area contributed by atoms with Crippen LogP contribution in [0, 0.1) is 55.4 Å². The molecule has 0 aliphatic heterocycles. The van der Waals surface area contributed by atoms with Crippen LogP contribution in [0.1, 0.15) is 74.4 Å². The summed E-state index contributed by atoms with van der Waals surface area (Å²) in [6.07, 6.45) is -4.44. The molecule has 0 aliphatic rings. The smallest absolute Gasteiger partial charge is 0.416 e. The average Bonchev–Trinajstić information content (AvgIpc) is 1.09. The summed E-state index contributed by atoms with van der Waals surface area (Å²) in [5.74, 6) is 1.94. The Hall–Kier alpha value is -11.8. The number of aryl methyl sites for hydroxylation is 8. The average molecular weight is 1910 g/mol. The number of nitrogens with one attached hydrogen (secondary N) is 5. The van der Waals surface area contributed by atoms with Crippen LogP contribution in [-0.2, 0) is 16.2 Å². The Labute approximate surface area is 765 Å². The Morgan fingerprint density at radius 2 is 0.762 bits per heavy atom. The molecule has 0 aliphatic carbocycles. The van der Waals surface area contributed by atoms with Gasteiger partial charge in [-0.15, -0.1) is 68.0 Å². The van der Waals surface area contributed by atoms with Crippen molar-refractivity contribution in [3.05, 3.63) is 204 Å². The molecule has 42 heteroatoms. The molecule has 0 radical (unpaired) electrons. The van der Waals surface area contributed by atoms with Crippen molar-refractivity contribution in [3.8, 4) is 87.0 Å². The van der Waals surface area contributed by atoms with Crippen LogP contribution in [0.5, 0.6) is 23.0 Å². The predicted molar refractivity (Wildman–Crippen MR) is 516 cm³/mol. The van der Waals surface area contributed by atoms with Gasteiger partial charge in [0.2, 0.25) is 15.9 Å². The predicted octanol–water partition coefficient (Wildman–Crippen LogP) is 22.7. The van der Waals surface area contributed by atoms with E-state index in [1.807, 2.05) is 139 Å². The first-order valence-electron chi connectivity index (χ1n) is 37.9. The zero-order valence-electron chi connectivity index (χ0n) is 70.1. The fourth-order valence-electron chi connectivity index (χ4n) is 12.2. The van der Waals surface area contributed by atoms with Crippen LogP contribution in [0.15, 0.2) is 153 Å². The van der Waals surface area contributed by atoms with Crippen LogP contribution in [0.3, 0.4) is 0 Å². The van der Waals surface area contributed by atoms with Crippen molar-refractivity contribution in [1.82, 2.24) is 54.1 Å². The summed E-state index contributed by atoms with van der Waals surface area (Å²) in [5.41, 5.74) is 44.4. The minimum atomic E-state index is -4.44. The van der Waals surface area contributed by atoms with E-state index in [0.717, 1.165) is 159 Å². The number of sulfonamides is 1. The minimum Gasteiger partial charge on any atom is -0.495 e. The van der Waals surface area contributed by atoms with Crippen LogP contribution < -0.4 is 74.2 Å². The summed E-state index contributed by atoms with van der Waals surface area (Å²) in [6, 6.07) is 35.7. The molecular formula is C84H86F3N21O7S11. The zero-order chi connectivity index (χ0) is 90.4. The Balaban J connectivity index is 0.000000144. The molecule has 656 valence electrons. The number of ether oxygens (including phenoxy) is 4. The third-order valence-electron chi connectivity index (χ3n) is 18.3. The first kappa shape index (κ1) is 93.3. The lowest BCUT2D eigenvalue weighted by molar-refractivity contribution is -0.137. The third-order valence-corrected chi connectivity index (χ3v) is 29.2. The molecule has 10 aromatic heterocycles. The number of hydrogen-bond acceptors (Lipinski definition) is 36. The number of benzene rings is 6. The van der Waals surface area contributed by atoms with Crippen LogP contribution in [0.2, 0.25) is 0 Å². The Bertz CT molecular complexity index is 6590. The summed E-state index contributed by atoms with van der Waals surface area (Å²) < 4.78 is 87.3. The maximum absolute atomic E-state index is 12.9. The summed E-state index contributed by atoms with van der Waals surface area (Å²) in [4.78, 5) is 60.6. The molecular weight excluding hydrogens is 1820 g/mol. The number of anilines is 14. The van der Waals surface area contributed by atoms with E-state index >= 15 is 0 Å². The van der Waals surface area contributed by atoms with Gasteiger partial charge in [-0.2, -0.15) is 17.5 Å². The standard InChI is InChI=1S/C20H18N4OS2.C18H23N5O3S3.C16H16N4OS2.C15H13F3N4OS2.C15H16N4OS2/c1-12-18(27-19(21)22-12)16-11-26-20(24-16)23-15-10-14(8-9-17(15)25-2)13-6-4-3-5-7-13;1-5-23(6-2)29(24,25)12-7-8-15(26-4)13(9-12)21-18-22-14(10-27-18)16-11(3)20-17(19)28-16;1-8-4-5-11(15(17)21)6-12(8)19-16-20-13(7-22-16)14-9(2)18-10(3)23-14;1-7-12(25-13(19)20-7)10-6-24-14(22-10)21-9-5-8(15(16,17)18)3-4-11(9)23-2;1-8-4-5-12(20-3)10(6-8)18-15-19-11(7-21-15)13-9(2)17-14(16)22-13/h3-11H,1-2H3,(H2,21,22)(H,23,24);7-10H,5-6H2,1-4H3,(H2,19,20)(H,21,22);4-7H,1-3H3,(H2,17,21)(H,19,20);3-6H,1-2H3,(H2,19,20)(H,21,22);4-7H,1-3H3,(H2,16,17)(H,18,19). The molecule has 0 bridgehead atoms. The highest BCUT2D eigenvalue weighted by Gasteiger charge is 2.32.